The number of guanidine groups is 1. The number of carbonyl (C=O) groups excluding carboxylic acids is 1. The summed E-state index contributed by atoms with van der Waals surface area (Å²) in [5.74, 6) is 1.49. The highest BCUT2D eigenvalue weighted by Gasteiger charge is 2.07. The van der Waals surface area contributed by atoms with Gasteiger partial charge in [-0.2, -0.15) is 0 Å². The quantitative estimate of drug-likeness (QED) is 0.315. The van der Waals surface area contributed by atoms with Gasteiger partial charge >= 0.3 is 0 Å². The number of amides is 1. The Morgan fingerprint density at radius 3 is 2.65 bits per heavy atom. The van der Waals surface area contributed by atoms with Gasteiger partial charge in [0.25, 0.3) is 0 Å². The van der Waals surface area contributed by atoms with Crippen LogP contribution in [-0.2, 0) is 11.2 Å². The number of carbonyl (C=O) groups is 1. The van der Waals surface area contributed by atoms with Crippen LogP contribution in [0.1, 0.15) is 17.7 Å². The first-order valence-corrected chi connectivity index (χ1v) is 8.50. The molecule has 0 fully saturated rings. The second kappa shape index (κ2) is 11.8. The third-order valence-corrected chi connectivity index (χ3v) is 4.06. The molecular weight excluding hydrogens is 467 g/mol. The van der Waals surface area contributed by atoms with Gasteiger partial charge in [0.1, 0.15) is 5.76 Å². The monoisotopic (exact) mass is 490 g/mol. The predicted octanol–water partition coefficient (Wildman–Crippen LogP) is 3.60. The summed E-state index contributed by atoms with van der Waals surface area (Å²) in [5.41, 5.74) is 1.60. The lowest BCUT2D eigenvalue weighted by Gasteiger charge is -2.12. The average Bonchev–Trinajstić information content (AvgIpc) is 3.11. The van der Waals surface area contributed by atoms with E-state index >= 15 is 0 Å². The third-order valence-electron chi connectivity index (χ3n) is 3.65. The summed E-state index contributed by atoms with van der Waals surface area (Å²) in [6, 6.07) is 9.24. The van der Waals surface area contributed by atoms with Gasteiger partial charge in [-0.05, 0) is 36.8 Å². The number of furan rings is 1. The Morgan fingerprint density at radius 2 is 1.96 bits per heavy atom. The number of halogens is 2. The Morgan fingerprint density at radius 1 is 1.19 bits per heavy atom. The Hall–Kier alpha value is -1.74. The molecule has 0 aliphatic carbocycles. The number of rotatable bonds is 7. The number of nitrogens with one attached hydrogen (secondary N) is 3. The first kappa shape index (κ1) is 22.3. The highest BCUT2D eigenvalue weighted by molar-refractivity contribution is 14.0. The van der Waals surface area contributed by atoms with E-state index in [4.69, 9.17) is 16.0 Å². The van der Waals surface area contributed by atoms with E-state index < -0.39 is 0 Å². The molecule has 0 saturated heterocycles. The number of hydrogen-bond acceptors (Lipinski definition) is 3. The summed E-state index contributed by atoms with van der Waals surface area (Å²) < 4.78 is 5.27. The lowest BCUT2D eigenvalue weighted by atomic mass is 10.2. The molecule has 0 bridgehead atoms. The molecule has 0 aliphatic rings. The number of hydrogen-bond donors (Lipinski definition) is 3. The molecule has 6 nitrogen and oxygen atoms in total. The number of benzene rings is 1. The fourth-order valence-corrected chi connectivity index (χ4v) is 2.40. The van der Waals surface area contributed by atoms with Gasteiger partial charge < -0.3 is 20.4 Å². The van der Waals surface area contributed by atoms with E-state index in [0.29, 0.717) is 30.5 Å². The van der Waals surface area contributed by atoms with E-state index in [9.17, 15) is 4.79 Å². The fraction of sp³-hybridized carbons (Fsp3) is 0.333. The zero-order valence-electron chi connectivity index (χ0n) is 14.8. The summed E-state index contributed by atoms with van der Waals surface area (Å²) in [5, 5.41) is 9.80. The second-order valence-electron chi connectivity index (χ2n) is 5.47. The van der Waals surface area contributed by atoms with Gasteiger partial charge in [-0.25, -0.2) is 0 Å². The number of anilines is 1. The van der Waals surface area contributed by atoms with E-state index in [-0.39, 0.29) is 29.9 Å². The minimum Gasteiger partial charge on any atom is -0.469 e. The van der Waals surface area contributed by atoms with Crippen LogP contribution in [0.3, 0.4) is 0 Å². The van der Waals surface area contributed by atoms with Crippen LogP contribution in [0.15, 0.2) is 46.0 Å². The Labute approximate surface area is 175 Å². The molecule has 0 spiro atoms. The summed E-state index contributed by atoms with van der Waals surface area (Å²) in [7, 11) is 1.69. The number of aliphatic imine (C=N–C) groups is 1. The fourth-order valence-electron chi connectivity index (χ4n) is 2.23. The van der Waals surface area contributed by atoms with Gasteiger partial charge in [-0.15, -0.1) is 24.0 Å². The lowest BCUT2D eigenvalue weighted by molar-refractivity contribution is -0.116. The van der Waals surface area contributed by atoms with Crippen molar-refractivity contribution in [3.05, 3.63) is 52.9 Å². The molecule has 8 heteroatoms. The van der Waals surface area contributed by atoms with Crippen LogP contribution in [0.25, 0.3) is 0 Å². The molecule has 142 valence electrons. The summed E-state index contributed by atoms with van der Waals surface area (Å²) in [6.07, 6.45) is 2.75. The molecule has 26 heavy (non-hydrogen) atoms. The van der Waals surface area contributed by atoms with Crippen LogP contribution in [-0.4, -0.2) is 32.0 Å². The van der Waals surface area contributed by atoms with Crippen LogP contribution in [0.2, 0.25) is 5.02 Å². The SMILES string of the molecule is CN=C(NCCC(=O)Nc1cccc(Cl)c1C)NCCc1ccco1.I. The molecular formula is C18H24ClIN4O2. The average molecular weight is 491 g/mol. The Kier molecular flexibility index (Phi) is 10.1. The summed E-state index contributed by atoms with van der Waals surface area (Å²) >= 11 is 6.05. The Bertz CT molecular complexity index is 720. The maximum atomic E-state index is 12.0. The van der Waals surface area contributed by atoms with Gasteiger partial charge in [0.05, 0.1) is 6.26 Å². The maximum Gasteiger partial charge on any atom is 0.226 e. The largest absolute Gasteiger partial charge is 0.469 e. The lowest BCUT2D eigenvalue weighted by Crippen LogP contribution is -2.39. The van der Waals surface area contributed by atoms with E-state index in [2.05, 4.69) is 20.9 Å². The molecule has 2 aromatic rings. The van der Waals surface area contributed by atoms with Crippen molar-refractivity contribution in [2.45, 2.75) is 19.8 Å². The molecule has 0 unspecified atom stereocenters. The van der Waals surface area contributed by atoms with Crippen molar-refractivity contribution in [2.75, 3.05) is 25.5 Å². The number of nitrogens with zero attached hydrogens (tertiary/aromatic N) is 1. The minimum absolute atomic E-state index is 0. The van der Waals surface area contributed by atoms with Crippen LogP contribution in [0.4, 0.5) is 5.69 Å². The van der Waals surface area contributed by atoms with Gasteiger partial charge in [-0.3, -0.25) is 9.79 Å². The zero-order chi connectivity index (χ0) is 18.1. The first-order chi connectivity index (χ1) is 12.1. The molecule has 2 rings (SSSR count). The zero-order valence-corrected chi connectivity index (χ0v) is 17.9. The van der Waals surface area contributed by atoms with Crippen molar-refractivity contribution in [3.8, 4) is 0 Å². The molecule has 1 heterocycles. The molecule has 0 radical (unpaired) electrons. The molecule has 0 aliphatic heterocycles. The van der Waals surface area contributed by atoms with Crippen molar-refractivity contribution < 1.29 is 9.21 Å². The van der Waals surface area contributed by atoms with Crippen LogP contribution >= 0.6 is 35.6 Å². The van der Waals surface area contributed by atoms with Crippen LogP contribution in [0, 0.1) is 6.92 Å². The van der Waals surface area contributed by atoms with Crippen molar-refractivity contribution >= 4 is 53.1 Å². The van der Waals surface area contributed by atoms with E-state index in [0.717, 1.165) is 23.4 Å². The maximum absolute atomic E-state index is 12.0. The van der Waals surface area contributed by atoms with Crippen molar-refractivity contribution in [2.24, 2.45) is 4.99 Å². The molecule has 0 saturated carbocycles. The predicted molar refractivity (Wildman–Crippen MR) is 117 cm³/mol. The smallest absolute Gasteiger partial charge is 0.226 e. The molecule has 3 N–H and O–H groups in total. The molecule has 1 amide bonds. The first-order valence-electron chi connectivity index (χ1n) is 8.12. The van der Waals surface area contributed by atoms with Crippen molar-refractivity contribution in [1.29, 1.82) is 0 Å². The van der Waals surface area contributed by atoms with Gasteiger partial charge in [0.2, 0.25) is 5.91 Å². The second-order valence-corrected chi connectivity index (χ2v) is 5.87. The summed E-state index contributed by atoms with van der Waals surface area (Å²) in [4.78, 5) is 16.2. The topological polar surface area (TPSA) is 78.7 Å². The van der Waals surface area contributed by atoms with Crippen molar-refractivity contribution in [3.63, 3.8) is 0 Å². The van der Waals surface area contributed by atoms with E-state index in [1.165, 1.54) is 0 Å². The van der Waals surface area contributed by atoms with E-state index in [1.54, 1.807) is 19.4 Å². The third kappa shape index (κ3) is 7.25. The minimum atomic E-state index is -0.0797. The molecule has 1 aromatic carbocycles. The van der Waals surface area contributed by atoms with Crippen LogP contribution < -0.4 is 16.0 Å². The molecule has 0 atom stereocenters. The highest BCUT2D eigenvalue weighted by atomic mass is 127. The standard InChI is InChI=1S/C18H23ClN4O2.HI/c1-13-15(19)6-3-7-16(13)23-17(24)9-11-22-18(20-2)21-10-8-14-5-4-12-25-14;/h3-7,12H,8-11H2,1-2H3,(H,23,24)(H2,20,21,22);1H. The summed E-state index contributed by atoms with van der Waals surface area (Å²) in [6.45, 7) is 3.05. The molecule has 1 aromatic heterocycles. The van der Waals surface area contributed by atoms with E-state index in [1.807, 2.05) is 31.2 Å². The normalized spacial score (nSPS) is 10.8. The van der Waals surface area contributed by atoms with Crippen molar-refractivity contribution in [1.82, 2.24) is 10.6 Å². The highest BCUT2D eigenvalue weighted by Crippen LogP contribution is 2.22. The van der Waals surface area contributed by atoms with Gasteiger partial charge in [0.15, 0.2) is 5.96 Å². The van der Waals surface area contributed by atoms with Gasteiger partial charge in [-0.1, -0.05) is 17.7 Å². The van der Waals surface area contributed by atoms with Crippen LogP contribution in [0.5, 0.6) is 0 Å². The Balaban J connectivity index is 0.00000338. The van der Waals surface area contributed by atoms with Gasteiger partial charge in [0, 0.05) is 43.7 Å².